The Labute approximate surface area is 108 Å². The van der Waals surface area contributed by atoms with E-state index in [1.54, 1.807) is 0 Å². The monoisotopic (exact) mass is 292 g/mol. The standard InChI is InChI=1S/C11H10ClFO4S/c12-8-5-7(3-4-9(8)13)18(16,17)10(11(14)15)6-1-2-6/h3-6,10H,1-2H2,(H,14,15). The summed E-state index contributed by atoms with van der Waals surface area (Å²) in [6, 6.07) is 2.90. The molecule has 7 heteroatoms. The van der Waals surface area contributed by atoms with E-state index in [-0.39, 0.29) is 15.8 Å². The summed E-state index contributed by atoms with van der Waals surface area (Å²) >= 11 is 5.51. The van der Waals surface area contributed by atoms with Gasteiger partial charge in [0.2, 0.25) is 0 Å². The van der Waals surface area contributed by atoms with Crippen molar-refractivity contribution in [2.45, 2.75) is 23.0 Å². The average molecular weight is 293 g/mol. The minimum atomic E-state index is -4.03. The van der Waals surface area contributed by atoms with E-state index in [1.165, 1.54) is 0 Å². The molecule has 0 heterocycles. The van der Waals surface area contributed by atoms with Gasteiger partial charge < -0.3 is 5.11 Å². The summed E-state index contributed by atoms with van der Waals surface area (Å²) < 4.78 is 37.3. The Bertz CT molecular complexity index is 595. The number of sulfone groups is 1. The molecule has 0 radical (unpaired) electrons. The van der Waals surface area contributed by atoms with Crippen molar-refractivity contribution in [3.8, 4) is 0 Å². The Hall–Kier alpha value is -1.14. The Balaban J connectivity index is 2.46. The number of carboxylic acid groups (broad SMARTS) is 1. The molecule has 0 spiro atoms. The normalized spacial score (nSPS) is 17.4. The number of carbonyl (C=O) groups is 1. The first-order valence-electron chi connectivity index (χ1n) is 5.26. The third-order valence-corrected chi connectivity index (χ3v) is 5.30. The minimum absolute atomic E-state index is 0.256. The second kappa shape index (κ2) is 4.51. The third-order valence-electron chi connectivity index (χ3n) is 2.85. The number of hydrogen-bond acceptors (Lipinski definition) is 3. The SMILES string of the molecule is O=C(O)C(C1CC1)S(=O)(=O)c1ccc(F)c(Cl)c1. The molecule has 1 N–H and O–H groups in total. The lowest BCUT2D eigenvalue weighted by atomic mass is 10.3. The van der Waals surface area contributed by atoms with Gasteiger partial charge in [-0.1, -0.05) is 11.6 Å². The van der Waals surface area contributed by atoms with Crippen LogP contribution < -0.4 is 0 Å². The highest BCUT2D eigenvalue weighted by Gasteiger charge is 2.46. The van der Waals surface area contributed by atoms with Crippen molar-refractivity contribution in [2.75, 3.05) is 0 Å². The van der Waals surface area contributed by atoms with Gasteiger partial charge in [0.1, 0.15) is 5.82 Å². The molecule has 1 fully saturated rings. The second-order valence-corrected chi connectivity index (χ2v) is 6.69. The molecule has 98 valence electrons. The van der Waals surface area contributed by atoms with Gasteiger partial charge in [0.05, 0.1) is 9.92 Å². The smallest absolute Gasteiger partial charge is 0.322 e. The highest BCUT2D eigenvalue weighted by atomic mass is 35.5. The van der Waals surface area contributed by atoms with E-state index in [4.69, 9.17) is 16.7 Å². The van der Waals surface area contributed by atoms with Gasteiger partial charge in [-0.05, 0) is 37.0 Å². The predicted octanol–water partition coefficient (Wildman–Crippen LogP) is 2.12. The fourth-order valence-electron chi connectivity index (χ4n) is 1.79. The van der Waals surface area contributed by atoms with E-state index < -0.39 is 26.9 Å². The van der Waals surface area contributed by atoms with Crippen LogP contribution in [0.4, 0.5) is 4.39 Å². The molecule has 1 aliphatic rings. The lowest BCUT2D eigenvalue weighted by Crippen LogP contribution is -2.32. The van der Waals surface area contributed by atoms with Crippen LogP contribution in [0.2, 0.25) is 5.02 Å². The summed E-state index contributed by atoms with van der Waals surface area (Å²) in [4.78, 5) is 10.8. The maximum atomic E-state index is 13.0. The number of halogens is 2. The van der Waals surface area contributed by atoms with Crippen LogP contribution in [-0.4, -0.2) is 24.7 Å². The van der Waals surface area contributed by atoms with E-state index in [0.29, 0.717) is 12.8 Å². The lowest BCUT2D eigenvalue weighted by Gasteiger charge is -2.12. The van der Waals surface area contributed by atoms with Crippen LogP contribution in [0.3, 0.4) is 0 Å². The summed E-state index contributed by atoms with van der Waals surface area (Å²) in [5.74, 6) is -2.48. The Morgan fingerprint density at radius 2 is 2.06 bits per heavy atom. The average Bonchev–Trinajstić information content (AvgIpc) is 3.05. The largest absolute Gasteiger partial charge is 0.480 e. The van der Waals surface area contributed by atoms with Crippen LogP contribution in [0.1, 0.15) is 12.8 Å². The molecule has 1 saturated carbocycles. The molecule has 1 aromatic rings. The van der Waals surface area contributed by atoms with Crippen molar-refractivity contribution in [3.05, 3.63) is 29.0 Å². The van der Waals surface area contributed by atoms with E-state index >= 15 is 0 Å². The molecular formula is C11H10ClFO4S. The summed E-state index contributed by atoms with van der Waals surface area (Å²) in [5.41, 5.74) is 0. The molecule has 0 aliphatic heterocycles. The first-order chi connectivity index (χ1) is 8.34. The molecule has 0 bridgehead atoms. The van der Waals surface area contributed by atoms with Gasteiger partial charge in [0.25, 0.3) is 0 Å². The zero-order chi connectivity index (χ0) is 13.5. The van der Waals surface area contributed by atoms with Gasteiger partial charge in [-0.15, -0.1) is 0 Å². The molecule has 1 aliphatic carbocycles. The van der Waals surface area contributed by atoms with Crippen molar-refractivity contribution >= 4 is 27.4 Å². The highest BCUT2D eigenvalue weighted by Crippen LogP contribution is 2.39. The lowest BCUT2D eigenvalue weighted by molar-refractivity contribution is -0.136. The van der Waals surface area contributed by atoms with Crippen LogP contribution in [0.5, 0.6) is 0 Å². The summed E-state index contributed by atoms with van der Waals surface area (Å²) in [6.45, 7) is 0. The van der Waals surface area contributed by atoms with Crippen molar-refractivity contribution in [3.63, 3.8) is 0 Å². The third kappa shape index (κ3) is 2.35. The minimum Gasteiger partial charge on any atom is -0.480 e. The molecular weight excluding hydrogens is 283 g/mol. The maximum Gasteiger partial charge on any atom is 0.322 e. The van der Waals surface area contributed by atoms with Crippen molar-refractivity contribution in [1.29, 1.82) is 0 Å². The Kier molecular flexibility index (Phi) is 3.33. The number of rotatable bonds is 4. The summed E-state index contributed by atoms with van der Waals surface area (Å²) in [6.07, 6.45) is 1.15. The van der Waals surface area contributed by atoms with Gasteiger partial charge in [-0.2, -0.15) is 0 Å². The fourth-order valence-corrected chi connectivity index (χ4v) is 3.91. The molecule has 4 nitrogen and oxygen atoms in total. The number of carboxylic acids is 1. The van der Waals surface area contributed by atoms with Crippen LogP contribution in [0, 0.1) is 11.7 Å². The number of benzene rings is 1. The fraction of sp³-hybridized carbons (Fsp3) is 0.364. The van der Waals surface area contributed by atoms with Crippen molar-refractivity contribution in [2.24, 2.45) is 5.92 Å². The maximum absolute atomic E-state index is 13.0. The van der Waals surface area contributed by atoms with E-state index in [1.807, 2.05) is 0 Å². The van der Waals surface area contributed by atoms with E-state index in [9.17, 15) is 17.6 Å². The predicted molar refractivity (Wildman–Crippen MR) is 62.7 cm³/mol. The quantitative estimate of drug-likeness (QED) is 0.863. The van der Waals surface area contributed by atoms with Crippen LogP contribution in [0.15, 0.2) is 23.1 Å². The molecule has 0 saturated heterocycles. The van der Waals surface area contributed by atoms with Crippen molar-refractivity contribution < 1.29 is 22.7 Å². The Morgan fingerprint density at radius 3 is 2.50 bits per heavy atom. The Morgan fingerprint density at radius 1 is 1.44 bits per heavy atom. The van der Waals surface area contributed by atoms with Crippen LogP contribution in [0.25, 0.3) is 0 Å². The zero-order valence-electron chi connectivity index (χ0n) is 9.14. The van der Waals surface area contributed by atoms with Gasteiger partial charge in [-0.3, -0.25) is 4.79 Å². The van der Waals surface area contributed by atoms with Crippen LogP contribution in [-0.2, 0) is 14.6 Å². The van der Waals surface area contributed by atoms with Gasteiger partial charge in [-0.25, -0.2) is 12.8 Å². The first kappa shape index (κ1) is 13.3. The van der Waals surface area contributed by atoms with Gasteiger partial charge in [0, 0.05) is 0 Å². The molecule has 0 aromatic heterocycles. The number of aliphatic carboxylic acids is 1. The molecule has 2 rings (SSSR count). The molecule has 18 heavy (non-hydrogen) atoms. The second-order valence-electron chi connectivity index (χ2n) is 4.22. The van der Waals surface area contributed by atoms with Crippen molar-refractivity contribution in [1.82, 2.24) is 0 Å². The van der Waals surface area contributed by atoms with E-state index in [2.05, 4.69) is 0 Å². The molecule has 1 aromatic carbocycles. The first-order valence-corrected chi connectivity index (χ1v) is 7.18. The van der Waals surface area contributed by atoms with Gasteiger partial charge >= 0.3 is 5.97 Å². The summed E-state index contributed by atoms with van der Waals surface area (Å²) in [5, 5.41) is 7.21. The summed E-state index contributed by atoms with van der Waals surface area (Å²) in [7, 11) is -4.03. The van der Waals surface area contributed by atoms with Gasteiger partial charge in [0.15, 0.2) is 15.1 Å². The molecule has 0 amide bonds. The van der Waals surface area contributed by atoms with Crippen LogP contribution >= 0.6 is 11.6 Å². The number of hydrogen-bond donors (Lipinski definition) is 1. The highest BCUT2D eigenvalue weighted by molar-refractivity contribution is 7.92. The molecule has 1 atom stereocenters. The molecule has 1 unspecified atom stereocenters. The zero-order valence-corrected chi connectivity index (χ0v) is 10.7. The van der Waals surface area contributed by atoms with E-state index in [0.717, 1.165) is 18.2 Å². The topological polar surface area (TPSA) is 71.4 Å².